The molecule has 0 saturated heterocycles. The maximum Gasteiger partial charge on any atom is 0.161 e. The molecule has 0 aliphatic carbocycles. The molecule has 0 saturated carbocycles. The number of rotatable bonds is 11. The number of hydrogen-bond acceptors (Lipinski definition) is 4. The normalized spacial score (nSPS) is 9.81. The first-order valence-electron chi connectivity index (χ1n) is 7.00. The van der Waals surface area contributed by atoms with E-state index in [-0.39, 0.29) is 12.4 Å². The van der Waals surface area contributed by atoms with E-state index in [4.69, 9.17) is 14.2 Å². The zero-order chi connectivity index (χ0) is 14.6. The monoisotopic (exact) mass is 315 g/mol. The number of ether oxygens (including phenoxy) is 3. The Morgan fingerprint density at radius 3 is 2.71 bits per heavy atom. The quantitative estimate of drug-likeness (QED) is 0.503. The maximum atomic E-state index is 5.61. The van der Waals surface area contributed by atoms with Gasteiger partial charge in [-0.25, -0.2) is 0 Å². The summed E-state index contributed by atoms with van der Waals surface area (Å²) in [6.45, 7) is 9.25. The Bertz CT molecular complexity index is 399. The Hall–Kier alpha value is -1.23. The zero-order valence-electron chi connectivity index (χ0n) is 12.9. The van der Waals surface area contributed by atoms with Gasteiger partial charge in [0.15, 0.2) is 11.5 Å². The van der Waals surface area contributed by atoms with E-state index in [2.05, 4.69) is 11.9 Å². The van der Waals surface area contributed by atoms with E-state index in [9.17, 15) is 0 Å². The predicted octanol–water partition coefficient (Wildman–Crippen LogP) is 3.20. The van der Waals surface area contributed by atoms with Crippen molar-refractivity contribution in [2.75, 3.05) is 33.5 Å². The lowest BCUT2D eigenvalue weighted by Gasteiger charge is -2.13. The first kappa shape index (κ1) is 19.8. The number of hydrogen-bond donors (Lipinski definition) is 1. The van der Waals surface area contributed by atoms with Crippen LogP contribution in [0.1, 0.15) is 18.9 Å². The molecule has 0 fully saturated rings. The van der Waals surface area contributed by atoms with Gasteiger partial charge in [0.1, 0.15) is 6.61 Å². The molecule has 0 unspecified atom stereocenters. The van der Waals surface area contributed by atoms with Crippen LogP contribution in [-0.4, -0.2) is 33.5 Å². The summed E-state index contributed by atoms with van der Waals surface area (Å²) < 4.78 is 16.2. The first-order chi connectivity index (χ1) is 9.81. The molecule has 0 heterocycles. The molecule has 0 aliphatic heterocycles. The molecule has 21 heavy (non-hydrogen) atoms. The van der Waals surface area contributed by atoms with Crippen LogP contribution in [0.5, 0.6) is 11.5 Å². The van der Waals surface area contributed by atoms with E-state index in [0.29, 0.717) is 13.2 Å². The van der Waals surface area contributed by atoms with Crippen molar-refractivity contribution in [3.05, 3.63) is 36.4 Å². The fourth-order valence-electron chi connectivity index (χ4n) is 1.77. The lowest BCUT2D eigenvalue weighted by Crippen LogP contribution is -2.16. The fraction of sp³-hybridized carbons (Fsp3) is 0.500. The minimum absolute atomic E-state index is 0. The van der Waals surface area contributed by atoms with Gasteiger partial charge in [0.05, 0.1) is 6.61 Å². The summed E-state index contributed by atoms with van der Waals surface area (Å²) >= 11 is 0. The molecule has 0 radical (unpaired) electrons. The van der Waals surface area contributed by atoms with Crippen molar-refractivity contribution in [3.63, 3.8) is 0 Å². The van der Waals surface area contributed by atoms with Crippen LogP contribution in [0, 0.1) is 0 Å². The van der Waals surface area contributed by atoms with E-state index >= 15 is 0 Å². The van der Waals surface area contributed by atoms with E-state index in [1.54, 1.807) is 13.2 Å². The van der Waals surface area contributed by atoms with E-state index < -0.39 is 0 Å². The van der Waals surface area contributed by atoms with Gasteiger partial charge in [-0.15, -0.1) is 12.4 Å². The average Bonchev–Trinajstić information content (AvgIpc) is 2.46. The molecule has 0 amide bonds. The minimum Gasteiger partial charge on any atom is -0.490 e. The van der Waals surface area contributed by atoms with Crippen molar-refractivity contribution < 1.29 is 14.2 Å². The zero-order valence-corrected chi connectivity index (χ0v) is 13.7. The smallest absolute Gasteiger partial charge is 0.161 e. The standard InChI is InChI=1S/C16H25NO3.ClH/c1-4-10-20-15-8-7-14(12-16(15)19-5-2)13-17-9-6-11-18-3;/h4,7-8,12,17H,1,5-6,9-11,13H2,2-3H3;1H. The highest BCUT2D eigenvalue weighted by atomic mass is 35.5. The molecule has 1 aromatic rings. The van der Waals surface area contributed by atoms with Crippen LogP contribution in [0.15, 0.2) is 30.9 Å². The Labute approximate surface area is 133 Å². The van der Waals surface area contributed by atoms with Crippen LogP contribution in [-0.2, 0) is 11.3 Å². The Morgan fingerprint density at radius 1 is 1.24 bits per heavy atom. The van der Waals surface area contributed by atoms with Gasteiger partial charge in [0.25, 0.3) is 0 Å². The first-order valence-corrected chi connectivity index (χ1v) is 7.00. The van der Waals surface area contributed by atoms with E-state index in [0.717, 1.165) is 37.6 Å². The van der Waals surface area contributed by atoms with E-state index in [1.807, 2.05) is 25.1 Å². The largest absolute Gasteiger partial charge is 0.490 e. The lowest BCUT2D eigenvalue weighted by atomic mass is 10.2. The van der Waals surface area contributed by atoms with Gasteiger partial charge < -0.3 is 19.5 Å². The lowest BCUT2D eigenvalue weighted by molar-refractivity contribution is 0.194. The van der Waals surface area contributed by atoms with Crippen LogP contribution in [0.25, 0.3) is 0 Å². The molecule has 0 aliphatic rings. The third-order valence-electron chi connectivity index (χ3n) is 2.70. The molecule has 4 nitrogen and oxygen atoms in total. The van der Waals surface area contributed by atoms with Crippen LogP contribution >= 0.6 is 12.4 Å². The Morgan fingerprint density at radius 2 is 2.05 bits per heavy atom. The summed E-state index contributed by atoms with van der Waals surface area (Å²) in [4.78, 5) is 0. The van der Waals surface area contributed by atoms with Crippen molar-refractivity contribution in [1.82, 2.24) is 5.32 Å². The van der Waals surface area contributed by atoms with Gasteiger partial charge >= 0.3 is 0 Å². The van der Waals surface area contributed by atoms with Crippen LogP contribution < -0.4 is 14.8 Å². The summed E-state index contributed by atoms with van der Waals surface area (Å²) in [5, 5.41) is 3.38. The topological polar surface area (TPSA) is 39.7 Å². The Balaban J connectivity index is 0.00000400. The van der Waals surface area contributed by atoms with Gasteiger partial charge in [-0.2, -0.15) is 0 Å². The number of methoxy groups -OCH3 is 1. The summed E-state index contributed by atoms with van der Waals surface area (Å²) in [7, 11) is 1.72. The maximum absolute atomic E-state index is 5.61. The van der Waals surface area contributed by atoms with Gasteiger partial charge in [-0.1, -0.05) is 18.7 Å². The van der Waals surface area contributed by atoms with Crippen molar-refractivity contribution in [1.29, 1.82) is 0 Å². The average molecular weight is 316 g/mol. The second-order valence-electron chi connectivity index (χ2n) is 4.34. The minimum atomic E-state index is 0. The molecule has 0 atom stereocenters. The highest BCUT2D eigenvalue weighted by molar-refractivity contribution is 5.85. The summed E-state index contributed by atoms with van der Waals surface area (Å²) in [5.74, 6) is 1.54. The SMILES string of the molecule is C=CCOc1ccc(CNCCCOC)cc1OCC.Cl. The number of nitrogens with one attached hydrogen (secondary N) is 1. The summed E-state index contributed by atoms with van der Waals surface area (Å²) in [5.41, 5.74) is 1.18. The second kappa shape index (κ2) is 12.5. The molecule has 0 spiro atoms. The fourth-order valence-corrected chi connectivity index (χ4v) is 1.77. The summed E-state index contributed by atoms with van der Waals surface area (Å²) in [6.07, 6.45) is 2.73. The van der Waals surface area contributed by atoms with Crippen molar-refractivity contribution in [2.45, 2.75) is 19.9 Å². The molecule has 1 aromatic carbocycles. The third kappa shape index (κ3) is 7.95. The highest BCUT2D eigenvalue weighted by Gasteiger charge is 2.06. The molecule has 1 rings (SSSR count). The molecular weight excluding hydrogens is 290 g/mol. The van der Waals surface area contributed by atoms with Gasteiger partial charge in [-0.3, -0.25) is 0 Å². The van der Waals surface area contributed by atoms with Crippen LogP contribution in [0.3, 0.4) is 0 Å². The highest BCUT2D eigenvalue weighted by Crippen LogP contribution is 2.28. The van der Waals surface area contributed by atoms with Gasteiger partial charge in [0, 0.05) is 20.3 Å². The molecular formula is C16H26ClNO3. The summed E-state index contributed by atoms with van der Waals surface area (Å²) in [6, 6.07) is 6.01. The molecule has 120 valence electrons. The number of benzene rings is 1. The van der Waals surface area contributed by atoms with Gasteiger partial charge in [0.2, 0.25) is 0 Å². The van der Waals surface area contributed by atoms with E-state index in [1.165, 1.54) is 5.56 Å². The molecule has 1 N–H and O–H groups in total. The van der Waals surface area contributed by atoms with Crippen LogP contribution in [0.2, 0.25) is 0 Å². The van der Waals surface area contributed by atoms with Crippen LogP contribution in [0.4, 0.5) is 0 Å². The molecule has 0 bridgehead atoms. The second-order valence-corrected chi connectivity index (χ2v) is 4.34. The van der Waals surface area contributed by atoms with Gasteiger partial charge in [-0.05, 0) is 37.6 Å². The van der Waals surface area contributed by atoms with Crippen molar-refractivity contribution in [3.8, 4) is 11.5 Å². The molecule has 0 aromatic heterocycles. The molecule has 5 heteroatoms. The predicted molar refractivity (Wildman–Crippen MR) is 88.8 cm³/mol. The van der Waals surface area contributed by atoms with Crippen molar-refractivity contribution >= 4 is 12.4 Å². The number of halogens is 1. The Kier molecular flexibility index (Phi) is 11.8. The van der Waals surface area contributed by atoms with Crippen molar-refractivity contribution in [2.24, 2.45) is 0 Å². The third-order valence-corrected chi connectivity index (χ3v) is 2.70.